The summed E-state index contributed by atoms with van der Waals surface area (Å²) in [5, 5.41) is 9.85. The predicted molar refractivity (Wildman–Crippen MR) is 49.8 cm³/mol. The molecule has 1 aromatic rings. The van der Waals surface area contributed by atoms with E-state index in [0.717, 1.165) is 0 Å². The highest BCUT2D eigenvalue weighted by atomic mass is 35.5. The number of imidazole rings is 1. The van der Waals surface area contributed by atoms with Crippen LogP contribution >= 0.6 is 11.6 Å². The lowest BCUT2D eigenvalue weighted by Crippen LogP contribution is -2.18. The number of ether oxygens (including phenoxy) is 1. The first kappa shape index (κ1) is 11.0. The fourth-order valence-electron chi connectivity index (χ4n) is 0.983. The lowest BCUT2D eigenvalue weighted by Gasteiger charge is -2.09. The fourth-order valence-corrected chi connectivity index (χ4v) is 1.12. The van der Waals surface area contributed by atoms with Crippen LogP contribution in [-0.4, -0.2) is 27.2 Å². The molecule has 0 radical (unpaired) electrons. The number of hydrogen-bond acceptors (Lipinski definition) is 4. The van der Waals surface area contributed by atoms with E-state index >= 15 is 0 Å². The number of aromatic nitrogens is 2. The number of rotatable bonds is 3. The maximum absolute atomic E-state index is 11.1. The number of halogens is 1. The number of esters is 1. The van der Waals surface area contributed by atoms with E-state index in [0.29, 0.717) is 5.15 Å². The van der Waals surface area contributed by atoms with Crippen LogP contribution in [0.15, 0.2) is 6.20 Å². The summed E-state index contributed by atoms with van der Waals surface area (Å²) in [4.78, 5) is 14.9. The lowest BCUT2D eigenvalue weighted by molar-refractivity contribution is -0.153. The van der Waals surface area contributed by atoms with Gasteiger partial charge in [-0.1, -0.05) is 11.6 Å². The molecule has 0 aliphatic carbocycles. The molecule has 1 heterocycles. The molecular formula is C8H11ClN2O3. The Balaban J connectivity index is 2.83. The van der Waals surface area contributed by atoms with Crippen molar-refractivity contribution in [3.05, 3.63) is 17.2 Å². The number of aliphatic hydroxyl groups excluding tert-OH is 1. The van der Waals surface area contributed by atoms with Crippen LogP contribution in [0, 0.1) is 0 Å². The molecule has 1 N–H and O–H groups in total. The molecule has 0 fully saturated rings. The minimum Gasteiger partial charge on any atom is -0.464 e. The molecule has 1 rings (SSSR count). The van der Waals surface area contributed by atoms with E-state index in [1.54, 1.807) is 14.0 Å². The SMILES string of the molecule is CCOC(=O)C(O)c1ncc(Cl)n1C. The van der Waals surface area contributed by atoms with Crippen LogP contribution in [-0.2, 0) is 16.6 Å². The zero-order chi connectivity index (χ0) is 10.7. The first-order valence-electron chi connectivity index (χ1n) is 4.09. The summed E-state index contributed by atoms with van der Waals surface area (Å²) in [7, 11) is 1.60. The molecule has 0 aliphatic heterocycles. The summed E-state index contributed by atoms with van der Waals surface area (Å²) in [5.41, 5.74) is 0. The minimum absolute atomic E-state index is 0.174. The molecule has 0 saturated heterocycles. The number of carbonyl (C=O) groups excluding carboxylic acids is 1. The zero-order valence-electron chi connectivity index (χ0n) is 7.90. The Bertz CT molecular complexity index is 337. The third kappa shape index (κ3) is 2.05. The van der Waals surface area contributed by atoms with Crippen LogP contribution in [0.25, 0.3) is 0 Å². The molecule has 78 valence electrons. The van der Waals surface area contributed by atoms with Crippen molar-refractivity contribution in [1.82, 2.24) is 9.55 Å². The van der Waals surface area contributed by atoms with Crippen molar-refractivity contribution in [2.24, 2.45) is 7.05 Å². The van der Waals surface area contributed by atoms with Gasteiger partial charge in [0, 0.05) is 7.05 Å². The van der Waals surface area contributed by atoms with Crippen molar-refractivity contribution in [2.45, 2.75) is 13.0 Å². The van der Waals surface area contributed by atoms with E-state index in [9.17, 15) is 9.90 Å². The van der Waals surface area contributed by atoms with Gasteiger partial charge in [0.2, 0.25) is 6.10 Å². The second-order valence-corrected chi connectivity index (χ2v) is 3.04. The van der Waals surface area contributed by atoms with E-state index < -0.39 is 12.1 Å². The minimum atomic E-state index is -1.38. The molecular weight excluding hydrogens is 208 g/mol. The average molecular weight is 219 g/mol. The summed E-state index contributed by atoms with van der Waals surface area (Å²) < 4.78 is 6.06. The van der Waals surface area contributed by atoms with Crippen molar-refractivity contribution >= 4 is 17.6 Å². The maximum Gasteiger partial charge on any atom is 0.342 e. The van der Waals surface area contributed by atoms with Gasteiger partial charge in [-0.3, -0.25) is 0 Å². The van der Waals surface area contributed by atoms with Crippen LogP contribution in [0.1, 0.15) is 18.9 Å². The van der Waals surface area contributed by atoms with E-state index in [1.165, 1.54) is 10.8 Å². The maximum atomic E-state index is 11.1. The summed E-state index contributed by atoms with van der Waals surface area (Å²) in [5.74, 6) is -0.550. The Morgan fingerprint density at radius 2 is 2.50 bits per heavy atom. The Morgan fingerprint density at radius 3 is 2.93 bits per heavy atom. The standard InChI is InChI=1S/C8H11ClN2O3/c1-3-14-8(13)6(12)7-10-4-5(9)11(7)2/h4,6,12H,3H2,1-2H3. The highest BCUT2D eigenvalue weighted by Crippen LogP contribution is 2.16. The van der Waals surface area contributed by atoms with Gasteiger partial charge in [-0.05, 0) is 6.92 Å². The average Bonchev–Trinajstić information content (AvgIpc) is 2.47. The third-order valence-electron chi connectivity index (χ3n) is 1.72. The van der Waals surface area contributed by atoms with Crippen LogP contribution in [0.3, 0.4) is 0 Å². The van der Waals surface area contributed by atoms with Gasteiger partial charge in [0.1, 0.15) is 11.0 Å². The lowest BCUT2D eigenvalue weighted by atomic mass is 10.3. The Morgan fingerprint density at radius 1 is 1.86 bits per heavy atom. The van der Waals surface area contributed by atoms with Crippen LogP contribution in [0.2, 0.25) is 5.15 Å². The predicted octanol–water partition coefficient (Wildman–Crippen LogP) is 0.670. The van der Waals surface area contributed by atoms with Crippen molar-refractivity contribution < 1.29 is 14.6 Å². The molecule has 1 unspecified atom stereocenters. The van der Waals surface area contributed by atoms with Crippen molar-refractivity contribution in [2.75, 3.05) is 6.61 Å². The molecule has 0 amide bonds. The topological polar surface area (TPSA) is 64.3 Å². The van der Waals surface area contributed by atoms with Crippen LogP contribution in [0.5, 0.6) is 0 Å². The quantitative estimate of drug-likeness (QED) is 0.758. The molecule has 0 aromatic carbocycles. The first-order valence-corrected chi connectivity index (χ1v) is 4.47. The van der Waals surface area contributed by atoms with E-state index in [2.05, 4.69) is 9.72 Å². The highest BCUT2D eigenvalue weighted by molar-refractivity contribution is 6.29. The highest BCUT2D eigenvalue weighted by Gasteiger charge is 2.23. The van der Waals surface area contributed by atoms with E-state index in [-0.39, 0.29) is 12.4 Å². The van der Waals surface area contributed by atoms with E-state index in [4.69, 9.17) is 11.6 Å². The summed E-state index contributed by atoms with van der Waals surface area (Å²) in [6.07, 6.45) is -0.0215. The van der Waals surface area contributed by atoms with Gasteiger partial charge in [0.05, 0.1) is 12.8 Å². The Labute approximate surface area is 86.3 Å². The molecule has 6 heteroatoms. The fraction of sp³-hybridized carbons (Fsp3) is 0.500. The first-order chi connectivity index (χ1) is 6.57. The van der Waals surface area contributed by atoms with Gasteiger partial charge in [0.25, 0.3) is 0 Å². The molecule has 0 saturated carbocycles. The normalized spacial score (nSPS) is 12.6. The molecule has 1 aromatic heterocycles. The summed E-state index contributed by atoms with van der Waals surface area (Å²) >= 11 is 5.69. The summed E-state index contributed by atoms with van der Waals surface area (Å²) in [6.45, 7) is 1.88. The van der Waals surface area contributed by atoms with Gasteiger partial charge in [-0.25, -0.2) is 9.78 Å². The second-order valence-electron chi connectivity index (χ2n) is 2.65. The van der Waals surface area contributed by atoms with E-state index in [1.807, 2.05) is 0 Å². The van der Waals surface area contributed by atoms with Gasteiger partial charge in [0.15, 0.2) is 0 Å². The third-order valence-corrected chi connectivity index (χ3v) is 2.07. The van der Waals surface area contributed by atoms with Crippen molar-refractivity contribution in [3.8, 4) is 0 Å². The van der Waals surface area contributed by atoms with Gasteiger partial charge in [-0.15, -0.1) is 0 Å². The van der Waals surface area contributed by atoms with Gasteiger partial charge in [-0.2, -0.15) is 0 Å². The van der Waals surface area contributed by atoms with Crippen LogP contribution < -0.4 is 0 Å². The van der Waals surface area contributed by atoms with Gasteiger partial charge < -0.3 is 14.4 Å². The molecule has 14 heavy (non-hydrogen) atoms. The van der Waals surface area contributed by atoms with Crippen molar-refractivity contribution in [3.63, 3.8) is 0 Å². The number of hydrogen-bond donors (Lipinski definition) is 1. The zero-order valence-corrected chi connectivity index (χ0v) is 8.65. The molecule has 0 spiro atoms. The van der Waals surface area contributed by atoms with Gasteiger partial charge >= 0.3 is 5.97 Å². The monoisotopic (exact) mass is 218 g/mol. The second kappa shape index (κ2) is 4.43. The molecule has 1 atom stereocenters. The smallest absolute Gasteiger partial charge is 0.342 e. The number of nitrogens with zero attached hydrogens (tertiary/aromatic N) is 2. The Hall–Kier alpha value is -1.07. The number of carbonyl (C=O) groups is 1. The Kier molecular flexibility index (Phi) is 3.49. The molecule has 0 bridgehead atoms. The van der Waals surface area contributed by atoms with Crippen molar-refractivity contribution in [1.29, 1.82) is 0 Å². The molecule has 5 nitrogen and oxygen atoms in total. The summed E-state index contributed by atoms with van der Waals surface area (Å²) in [6, 6.07) is 0. The molecule has 0 aliphatic rings. The number of aliphatic hydroxyl groups is 1. The van der Waals surface area contributed by atoms with Crippen LogP contribution in [0.4, 0.5) is 0 Å². The largest absolute Gasteiger partial charge is 0.464 e.